The lowest BCUT2D eigenvalue weighted by Crippen LogP contribution is -2.42. The summed E-state index contributed by atoms with van der Waals surface area (Å²) < 4.78 is 0. The average molecular weight is 261 g/mol. The van der Waals surface area contributed by atoms with E-state index >= 15 is 0 Å². The SMILES string of the molecule is CCN(Cc1ccccc1)C[C@@H]1CCCN1CCN. The summed E-state index contributed by atoms with van der Waals surface area (Å²) in [6, 6.07) is 11.5. The van der Waals surface area contributed by atoms with Crippen LogP contribution in [0.4, 0.5) is 0 Å². The van der Waals surface area contributed by atoms with Gasteiger partial charge in [-0.15, -0.1) is 0 Å². The van der Waals surface area contributed by atoms with Crippen LogP contribution in [0, 0.1) is 0 Å². The first-order chi connectivity index (χ1) is 9.33. The third-order valence-corrected chi connectivity index (χ3v) is 4.08. The molecule has 106 valence electrons. The van der Waals surface area contributed by atoms with Crippen molar-refractivity contribution in [2.24, 2.45) is 5.73 Å². The quantitative estimate of drug-likeness (QED) is 0.814. The van der Waals surface area contributed by atoms with Gasteiger partial charge >= 0.3 is 0 Å². The zero-order valence-corrected chi connectivity index (χ0v) is 12.1. The highest BCUT2D eigenvalue weighted by atomic mass is 15.2. The largest absolute Gasteiger partial charge is 0.329 e. The molecule has 0 unspecified atom stereocenters. The maximum atomic E-state index is 5.70. The molecule has 0 aromatic heterocycles. The molecule has 1 aliphatic rings. The molecular formula is C16H27N3. The molecule has 0 radical (unpaired) electrons. The molecule has 3 nitrogen and oxygen atoms in total. The van der Waals surface area contributed by atoms with Gasteiger partial charge in [0.1, 0.15) is 0 Å². The number of rotatable bonds is 7. The van der Waals surface area contributed by atoms with E-state index in [2.05, 4.69) is 47.1 Å². The monoisotopic (exact) mass is 261 g/mol. The molecule has 2 rings (SSSR count). The van der Waals surface area contributed by atoms with Gasteiger partial charge in [-0.3, -0.25) is 9.80 Å². The lowest BCUT2D eigenvalue weighted by Gasteiger charge is -2.30. The van der Waals surface area contributed by atoms with Crippen LogP contribution in [0.25, 0.3) is 0 Å². The average Bonchev–Trinajstić information content (AvgIpc) is 2.87. The normalized spacial score (nSPS) is 20.3. The van der Waals surface area contributed by atoms with E-state index in [1.807, 2.05) is 0 Å². The minimum atomic E-state index is 0.701. The number of hydrogen-bond donors (Lipinski definition) is 1. The highest BCUT2D eigenvalue weighted by Gasteiger charge is 2.25. The van der Waals surface area contributed by atoms with Crippen molar-refractivity contribution in [2.75, 3.05) is 32.7 Å². The summed E-state index contributed by atoms with van der Waals surface area (Å²) >= 11 is 0. The van der Waals surface area contributed by atoms with Crippen LogP contribution >= 0.6 is 0 Å². The van der Waals surface area contributed by atoms with Gasteiger partial charge in [0.2, 0.25) is 0 Å². The zero-order chi connectivity index (χ0) is 13.5. The van der Waals surface area contributed by atoms with Crippen molar-refractivity contribution in [1.29, 1.82) is 0 Å². The Labute approximate surface area is 117 Å². The molecule has 1 aromatic carbocycles. The molecule has 1 fully saturated rings. The maximum absolute atomic E-state index is 5.70. The summed E-state index contributed by atoms with van der Waals surface area (Å²) in [4.78, 5) is 5.11. The number of benzene rings is 1. The molecule has 2 N–H and O–H groups in total. The standard InChI is InChI=1S/C16H27N3/c1-2-18(13-15-7-4-3-5-8-15)14-16-9-6-11-19(16)12-10-17/h3-5,7-8,16H,2,6,9-14,17H2,1H3/t16-/m0/s1. The topological polar surface area (TPSA) is 32.5 Å². The second-order valence-electron chi connectivity index (χ2n) is 5.43. The molecule has 3 heteroatoms. The minimum absolute atomic E-state index is 0.701. The van der Waals surface area contributed by atoms with Crippen LogP contribution in [0.2, 0.25) is 0 Å². The third kappa shape index (κ3) is 4.30. The fourth-order valence-electron chi connectivity index (χ4n) is 3.01. The van der Waals surface area contributed by atoms with E-state index in [1.165, 1.54) is 31.5 Å². The van der Waals surface area contributed by atoms with Gasteiger partial charge in [-0.05, 0) is 31.5 Å². The molecule has 1 atom stereocenters. The lowest BCUT2D eigenvalue weighted by atomic mass is 10.1. The smallest absolute Gasteiger partial charge is 0.0234 e. The second-order valence-corrected chi connectivity index (χ2v) is 5.43. The lowest BCUT2D eigenvalue weighted by molar-refractivity contribution is 0.174. The molecule has 0 saturated carbocycles. The molecule has 0 spiro atoms. The predicted octanol–water partition coefficient (Wildman–Crippen LogP) is 1.93. The van der Waals surface area contributed by atoms with Crippen LogP contribution in [0.3, 0.4) is 0 Å². The number of likely N-dealkylation sites (tertiary alicyclic amines) is 1. The van der Waals surface area contributed by atoms with Gasteiger partial charge in [-0.25, -0.2) is 0 Å². The molecule has 19 heavy (non-hydrogen) atoms. The first kappa shape index (κ1) is 14.5. The fourth-order valence-corrected chi connectivity index (χ4v) is 3.01. The van der Waals surface area contributed by atoms with Gasteiger partial charge in [0.15, 0.2) is 0 Å². The predicted molar refractivity (Wildman–Crippen MR) is 81.0 cm³/mol. The van der Waals surface area contributed by atoms with Gasteiger partial charge < -0.3 is 5.73 Å². The van der Waals surface area contributed by atoms with E-state index in [4.69, 9.17) is 5.73 Å². The van der Waals surface area contributed by atoms with Crippen molar-refractivity contribution in [3.8, 4) is 0 Å². The molecular weight excluding hydrogens is 234 g/mol. The molecule has 1 saturated heterocycles. The van der Waals surface area contributed by atoms with Gasteiger partial charge in [-0.1, -0.05) is 37.3 Å². The van der Waals surface area contributed by atoms with E-state index in [9.17, 15) is 0 Å². The van der Waals surface area contributed by atoms with Crippen molar-refractivity contribution < 1.29 is 0 Å². The van der Waals surface area contributed by atoms with E-state index in [0.717, 1.165) is 26.2 Å². The summed E-state index contributed by atoms with van der Waals surface area (Å²) in [5, 5.41) is 0. The summed E-state index contributed by atoms with van der Waals surface area (Å²) in [5.74, 6) is 0. The van der Waals surface area contributed by atoms with Crippen molar-refractivity contribution in [3.05, 3.63) is 35.9 Å². The summed E-state index contributed by atoms with van der Waals surface area (Å²) in [7, 11) is 0. The van der Waals surface area contributed by atoms with Crippen molar-refractivity contribution in [1.82, 2.24) is 9.80 Å². The number of hydrogen-bond acceptors (Lipinski definition) is 3. The van der Waals surface area contributed by atoms with Gasteiger partial charge in [-0.2, -0.15) is 0 Å². The number of nitrogens with zero attached hydrogens (tertiary/aromatic N) is 2. The molecule has 0 amide bonds. The molecule has 1 heterocycles. The van der Waals surface area contributed by atoms with Crippen LogP contribution in [-0.2, 0) is 6.54 Å². The highest BCUT2D eigenvalue weighted by molar-refractivity contribution is 5.14. The van der Waals surface area contributed by atoms with E-state index in [0.29, 0.717) is 6.04 Å². The summed E-state index contributed by atoms with van der Waals surface area (Å²) in [5.41, 5.74) is 7.11. The summed E-state index contributed by atoms with van der Waals surface area (Å²) in [6.45, 7) is 8.66. The van der Waals surface area contributed by atoms with Crippen molar-refractivity contribution in [3.63, 3.8) is 0 Å². The molecule has 0 bridgehead atoms. The van der Waals surface area contributed by atoms with Crippen LogP contribution in [0.15, 0.2) is 30.3 Å². The third-order valence-electron chi connectivity index (χ3n) is 4.08. The Kier molecular flexibility index (Phi) is 5.83. The molecule has 1 aromatic rings. The Morgan fingerprint density at radius 3 is 2.79 bits per heavy atom. The first-order valence-electron chi connectivity index (χ1n) is 7.54. The van der Waals surface area contributed by atoms with Gasteiger partial charge in [0.25, 0.3) is 0 Å². The zero-order valence-electron chi connectivity index (χ0n) is 12.1. The summed E-state index contributed by atoms with van der Waals surface area (Å²) in [6.07, 6.45) is 2.65. The number of nitrogens with two attached hydrogens (primary N) is 1. The Bertz CT molecular complexity index is 352. The van der Waals surface area contributed by atoms with Crippen LogP contribution in [0.1, 0.15) is 25.3 Å². The van der Waals surface area contributed by atoms with E-state index < -0.39 is 0 Å². The van der Waals surface area contributed by atoms with E-state index in [-0.39, 0.29) is 0 Å². The molecule has 0 aliphatic carbocycles. The Morgan fingerprint density at radius 1 is 1.32 bits per heavy atom. The maximum Gasteiger partial charge on any atom is 0.0234 e. The Hall–Kier alpha value is -0.900. The fraction of sp³-hybridized carbons (Fsp3) is 0.625. The van der Waals surface area contributed by atoms with Crippen molar-refractivity contribution >= 4 is 0 Å². The van der Waals surface area contributed by atoms with Gasteiger partial charge in [0.05, 0.1) is 0 Å². The Balaban J connectivity index is 1.88. The molecule has 1 aliphatic heterocycles. The van der Waals surface area contributed by atoms with Crippen molar-refractivity contribution in [2.45, 2.75) is 32.4 Å². The number of likely N-dealkylation sites (N-methyl/N-ethyl adjacent to an activating group) is 1. The Morgan fingerprint density at radius 2 is 2.11 bits per heavy atom. The minimum Gasteiger partial charge on any atom is -0.329 e. The van der Waals surface area contributed by atoms with Crippen LogP contribution in [0.5, 0.6) is 0 Å². The van der Waals surface area contributed by atoms with E-state index in [1.54, 1.807) is 0 Å². The highest BCUT2D eigenvalue weighted by Crippen LogP contribution is 2.18. The van der Waals surface area contributed by atoms with Crippen LogP contribution in [-0.4, -0.2) is 48.6 Å². The van der Waals surface area contributed by atoms with Gasteiger partial charge in [0, 0.05) is 32.2 Å². The van der Waals surface area contributed by atoms with Crippen LogP contribution < -0.4 is 5.73 Å². The second kappa shape index (κ2) is 7.63. The first-order valence-corrected chi connectivity index (χ1v) is 7.54.